The lowest BCUT2D eigenvalue weighted by molar-refractivity contribution is -0.132. The zero-order valence-electron chi connectivity index (χ0n) is 21.4. The second-order valence-corrected chi connectivity index (χ2v) is 11.0. The zero-order valence-corrected chi connectivity index (χ0v) is 23.8. The first kappa shape index (κ1) is 27.5. The average Bonchev–Trinajstić information content (AvgIpc) is 3.40. The van der Waals surface area contributed by atoms with E-state index in [1.165, 1.54) is 4.90 Å². The number of ether oxygens (including phenoxy) is 2. The maximum Gasteiger partial charge on any atom is 0.350 e. The number of ketones is 1. The molecule has 0 radical (unpaired) electrons. The SMILES string of the molecule is CCOC(=O)c1sc(N2C(=O)C(=O)/C(=C(/O)c3ccc(OCC(C)C)cc3)C2c2ccc(Br)cc2)nc1C. The number of hydrogen-bond acceptors (Lipinski definition) is 8. The van der Waals surface area contributed by atoms with Gasteiger partial charge in [0.05, 0.1) is 30.5 Å². The van der Waals surface area contributed by atoms with Crippen molar-refractivity contribution in [1.82, 2.24) is 4.98 Å². The highest BCUT2D eigenvalue weighted by molar-refractivity contribution is 9.10. The van der Waals surface area contributed by atoms with Crippen molar-refractivity contribution in [3.05, 3.63) is 80.3 Å². The van der Waals surface area contributed by atoms with E-state index >= 15 is 0 Å². The Balaban J connectivity index is 1.81. The molecule has 1 saturated heterocycles. The van der Waals surface area contributed by atoms with Gasteiger partial charge in [-0.1, -0.05) is 53.2 Å². The molecule has 0 aliphatic carbocycles. The van der Waals surface area contributed by atoms with Crippen LogP contribution in [0.4, 0.5) is 5.13 Å². The number of nitrogens with zero attached hydrogens (tertiary/aromatic N) is 2. The van der Waals surface area contributed by atoms with E-state index in [0.29, 0.717) is 35.1 Å². The van der Waals surface area contributed by atoms with Crippen LogP contribution in [0, 0.1) is 12.8 Å². The standard InChI is InChI=1S/C28H27BrN2O6S/c1-5-36-27(35)25-16(4)30-28(38-25)31-22(17-6-10-19(29)11-7-17)21(24(33)26(31)34)23(32)18-8-12-20(13-9-18)37-14-15(2)3/h6-13,15,22,32H,5,14H2,1-4H3/b23-21+. The third-order valence-corrected chi connectivity index (χ3v) is 7.46. The van der Waals surface area contributed by atoms with E-state index in [1.807, 2.05) is 13.8 Å². The minimum absolute atomic E-state index is 0.0706. The van der Waals surface area contributed by atoms with E-state index in [2.05, 4.69) is 20.9 Å². The quantitative estimate of drug-likeness (QED) is 0.145. The van der Waals surface area contributed by atoms with Crippen molar-refractivity contribution in [1.29, 1.82) is 0 Å². The molecule has 1 aliphatic heterocycles. The second kappa shape index (κ2) is 11.5. The number of esters is 1. The van der Waals surface area contributed by atoms with Gasteiger partial charge in [-0.15, -0.1) is 0 Å². The van der Waals surface area contributed by atoms with Crippen LogP contribution in [-0.2, 0) is 14.3 Å². The molecule has 1 atom stereocenters. The molecule has 38 heavy (non-hydrogen) atoms. The summed E-state index contributed by atoms with van der Waals surface area (Å²) < 4.78 is 11.6. The lowest BCUT2D eigenvalue weighted by atomic mass is 9.95. The van der Waals surface area contributed by atoms with E-state index < -0.39 is 23.7 Å². The van der Waals surface area contributed by atoms with Crippen molar-refractivity contribution in [3.8, 4) is 5.75 Å². The summed E-state index contributed by atoms with van der Waals surface area (Å²) in [5.74, 6) is -1.58. The van der Waals surface area contributed by atoms with E-state index in [9.17, 15) is 19.5 Å². The number of carbonyl (C=O) groups is 3. The molecule has 10 heteroatoms. The van der Waals surface area contributed by atoms with E-state index in [1.54, 1.807) is 62.4 Å². The molecule has 2 heterocycles. The number of halogens is 1. The third-order valence-electron chi connectivity index (χ3n) is 5.79. The maximum absolute atomic E-state index is 13.4. The van der Waals surface area contributed by atoms with E-state index in [0.717, 1.165) is 15.8 Å². The first-order valence-electron chi connectivity index (χ1n) is 12.1. The maximum atomic E-state index is 13.4. The Hall–Kier alpha value is -3.50. The Morgan fingerprint density at radius 1 is 1.13 bits per heavy atom. The Labute approximate surface area is 233 Å². The van der Waals surface area contributed by atoms with Gasteiger partial charge in [-0.05, 0) is 61.7 Å². The molecule has 0 saturated carbocycles. The molecular weight excluding hydrogens is 572 g/mol. The highest BCUT2D eigenvalue weighted by Crippen LogP contribution is 2.44. The Bertz CT molecular complexity index is 1400. The molecule has 1 fully saturated rings. The van der Waals surface area contributed by atoms with Crippen LogP contribution < -0.4 is 9.64 Å². The molecule has 8 nitrogen and oxygen atoms in total. The first-order chi connectivity index (χ1) is 18.1. The summed E-state index contributed by atoms with van der Waals surface area (Å²) in [5.41, 5.74) is 1.27. The summed E-state index contributed by atoms with van der Waals surface area (Å²) in [4.78, 5) is 45.1. The van der Waals surface area contributed by atoms with Crippen LogP contribution in [0.5, 0.6) is 5.75 Å². The molecule has 1 aliphatic rings. The van der Waals surface area contributed by atoms with E-state index in [4.69, 9.17) is 9.47 Å². The molecule has 0 spiro atoms. The van der Waals surface area contributed by atoms with Crippen molar-refractivity contribution in [2.24, 2.45) is 5.92 Å². The van der Waals surface area contributed by atoms with Gasteiger partial charge >= 0.3 is 11.9 Å². The van der Waals surface area contributed by atoms with Gasteiger partial charge in [-0.25, -0.2) is 9.78 Å². The summed E-state index contributed by atoms with van der Waals surface area (Å²) >= 11 is 4.38. The number of rotatable bonds is 8. The predicted molar refractivity (Wildman–Crippen MR) is 149 cm³/mol. The number of anilines is 1. The summed E-state index contributed by atoms with van der Waals surface area (Å²) in [5, 5.41) is 11.5. The molecule has 1 unspecified atom stereocenters. The van der Waals surface area contributed by atoms with Crippen molar-refractivity contribution in [3.63, 3.8) is 0 Å². The molecule has 198 valence electrons. The van der Waals surface area contributed by atoms with Crippen LogP contribution in [0.2, 0.25) is 0 Å². The highest BCUT2D eigenvalue weighted by Gasteiger charge is 2.48. The molecule has 1 N–H and O–H groups in total. The molecular formula is C28H27BrN2O6S. The largest absolute Gasteiger partial charge is 0.507 e. The summed E-state index contributed by atoms with van der Waals surface area (Å²) in [6, 6.07) is 12.8. The normalized spacial score (nSPS) is 16.8. The topological polar surface area (TPSA) is 106 Å². The summed E-state index contributed by atoms with van der Waals surface area (Å²) in [6.45, 7) is 8.16. The van der Waals surface area contributed by atoms with Gasteiger partial charge < -0.3 is 14.6 Å². The monoisotopic (exact) mass is 598 g/mol. The number of aliphatic hydroxyl groups is 1. The van der Waals surface area contributed by atoms with E-state index in [-0.39, 0.29) is 27.9 Å². The number of amides is 1. The number of benzene rings is 2. The van der Waals surface area contributed by atoms with Crippen molar-refractivity contribution in [2.45, 2.75) is 33.7 Å². The van der Waals surface area contributed by atoms with Crippen LogP contribution >= 0.6 is 27.3 Å². The van der Waals surface area contributed by atoms with Gasteiger partial charge in [0.25, 0.3) is 5.78 Å². The van der Waals surface area contributed by atoms with Gasteiger partial charge in [0, 0.05) is 10.0 Å². The fraction of sp³-hybridized carbons (Fsp3) is 0.286. The predicted octanol–water partition coefficient (Wildman–Crippen LogP) is 6.05. The molecule has 1 amide bonds. The molecule has 0 bridgehead atoms. The minimum atomic E-state index is -0.958. The average molecular weight is 600 g/mol. The first-order valence-corrected chi connectivity index (χ1v) is 13.7. The molecule has 4 rings (SSSR count). The summed E-state index contributed by atoms with van der Waals surface area (Å²) in [6.07, 6.45) is 0. The highest BCUT2D eigenvalue weighted by atomic mass is 79.9. The zero-order chi connectivity index (χ0) is 27.6. The van der Waals surface area contributed by atoms with Gasteiger partial charge in [0.15, 0.2) is 5.13 Å². The van der Waals surface area contributed by atoms with Crippen molar-refractivity contribution >= 4 is 55.8 Å². The smallest absolute Gasteiger partial charge is 0.350 e. The lowest BCUT2D eigenvalue weighted by Gasteiger charge is -2.23. The van der Waals surface area contributed by atoms with Crippen LogP contribution in [0.1, 0.15) is 53.3 Å². The second-order valence-electron chi connectivity index (χ2n) is 9.08. The lowest BCUT2D eigenvalue weighted by Crippen LogP contribution is -2.29. The summed E-state index contributed by atoms with van der Waals surface area (Å²) in [7, 11) is 0. The number of thiazole rings is 1. The fourth-order valence-electron chi connectivity index (χ4n) is 3.99. The number of Topliss-reactive ketones (excluding diaryl/α,β-unsaturated/α-hetero) is 1. The Morgan fingerprint density at radius 2 is 1.79 bits per heavy atom. The van der Waals surface area contributed by atoms with Crippen LogP contribution in [0.15, 0.2) is 58.6 Å². The van der Waals surface area contributed by atoms with Gasteiger partial charge in [-0.3, -0.25) is 14.5 Å². The van der Waals surface area contributed by atoms with Crippen LogP contribution in [-0.4, -0.2) is 41.0 Å². The molecule has 2 aromatic carbocycles. The van der Waals surface area contributed by atoms with Gasteiger partial charge in [0.1, 0.15) is 16.4 Å². The number of carbonyl (C=O) groups excluding carboxylic acids is 3. The van der Waals surface area contributed by atoms with Crippen molar-refractivity contribution < 1.29 is 29.0 Å². The molecule has 3 aromatic rings. The molecule has 1 aromatic heterocycles. The number of aryl methyl sites for hydroxylation is 1. The van der Waals surface area contributed by atoms with Crippen LogP contribution in [0.25, 0.3) is 5.76 Å². The van der Waals surface area contributed by atoms with Gasteiger partial charge in [-0.2, -0.15) is 0 Å². The number of aromatic nitrogens is 1. The minimum Gasteiger partial charge on any atom is -0.507 e. The number of aliphatic hydroxyl groups excluding tert-OH is 1. The Kier molecular flexibility index (Phi) is 8.32. The fourth-order valence-corrected chi connectivity index (χ4v) is 5.24. The van der Waals surface area contributed by atoms with Gasteiger partial charge in [0.2, 0.25) is 0 Å². The Morgan fingerprint density at radius 3 is 2.39 bits per heavy atom. The van der Waals surface area contributed by atoms with Crippen LogP contribution in [0.3, 0.4) is 0 Å². The number of hydrogen-bond donors (Lipinski definition) is 1. The van der Waals surface area contributed by atoms with Crippen molar-refractivity contribution in [2.75, 3.05) is 18.1 Å². The third kappa shape index (κ3) is 5.51.